The van der Waals surface area contributed by atoms with Gasteiger partial charge >= 0.3 is 0 Å². The van der Waals surface area contributed by atoms with Crippen molar-refractivity contribution >= 4 is 5.71 Å². The molecular weight excluding hydrogens is 194 g/mol. The van der Waals surface area contributed by atoms with Crippen LogP contribution in [0.25, 0.3) is 0 Å². The zero-order chi connectivity index (χ0) is 11.9. The van der Waals surface area contributed by atoms with Crippen LogP contribution in [0.15, 0.2) is 41.0 Å². The normalized spacial score (nSPS) is 23.2. The maximum Gasteiger partial charge on any atom is 0.0479 e. The first-order valence-electron chi connectivity index (χ1n) is 6.51. The molecule has 0 bridgehead atoms. The minimum Gasteiger partial charge on any atom is -0.261 e. The largest absolute Gasteiger partial charge is 0.261 e. The maximum atomic E-state index is 8.10. The van der Waals surface area contributed by atoms with Gasteiger partial charge in [-0.25, -0.2) is 0 Å². The standard InChI is InChI=1S/C15H17N/c1-11-2-4-13(5-3-11)15-9-8-14(10-16-15)12-6-7-12/h2-5,10,12H,6-9H2,1H3/i12D. The maximum absolute atomic E-state index is 8.10. The summed E-state index contributed by atoms with van der Waals surface area (Å²) in [5.74, 6) is -0.248. The van der Waals surface area contributed by atoms with Crippen LogP contribution in [0.5, 0.6) is 0 Å². The lowest BCUT2D eigenvalue weighted by atomic mass is 9.97. The number of rotatable bonds is 2. The van der Waals surface area contributed by atoms with Crippen LogP contribution in [0.1, 0.15) is 38.2 Å². The number of aryl methyl sites for hydroxylation is 1. The number of benzene rings is 1. The lowest BCUT2D eigenvalue weighted by Crippen LogP contribution is -2.06. The van der Waals surface area contributed by atoms with Gasteiger partial charge in [0, 0.05) is 13.3 Å². The highest BCUT2D eigenvalue weighted by Gasteiger charge is 2.27. The van der Waals surface area contributed by atoms with Gasteiger partial charge in [0.1, 0.15) is 0 Å². The Hall–Kier alpha value is -1.37. The highest BCUT2D eigenvalue weighted by Crippen LogP contribution is 2.39. The van der Waals surface area contributed by atoms with Crippen LogP contribution in [0, 0.1) is 12.8 Å². The Bertz CT molecular complexity index is 492. The van der Waals surface area contributed by atoms with E-state index in [-0.39, 0.29) is 5.89 Å². The van der Waals surface area contributed by atoms with E-state index >= 15 is 0 Å². The average Bonchev–Trinajstić information content (AvgIpc) is 3.10. The third kappa shape index (κ3) is 1.95. The van der Waals surface area contributed by atoms with Crippen LogP contribution in [0.4, 0.5) is 0 Å². The zero-order valence-corrected chi connectivity index (χ0v) is 9.66. The zero-order valence-electron chi connectivity index (χ0n) is 10.7. The molecule has 1 heterocycles. The summed E-state index contributed by atoms with van der Waals surface area (Å²) in [5, 5.41) is 0. The molecule has 1 aliphatic heterocycles. The molecule has 1 saturated carbocycles. The molecule has 1 nitrogen and oxygen atoms in total. The monoisotopic (exact) mass is 212 g/mol. The molecule has 1 aromatic rings. The molecule has 0 spiro atoms. The van der Waals surface area contributed by atoms with Gasteiger partial charge < -0.3 is 0 Å². The van der Waals surface area contributed by atoms with Gasteiger partial charge in [-0.05, 0) is 49.6 Å². The van der Waals surface area contributed by atoms with Crippen molar-refractivity contribution in [2.75, 3.05) is 0 Å². The second kappa shape index (κ2) is 3.89. The lowest BCUT2D eigenvalue weighted by Gasteiger charge is -2.13. The third-order valence-corrected chi connectivity index (χ3v) is 3.35. The number of hydrogen-bond donors (Lipinski definition) is 0. The molecule has 0 N–H and O–H groups in total. The Morgan fingerprint density at radius 3 is 2.50 bits per heavy atom. The number of aliphatic imine (C=N–C) groups is 1. The van der Waals surface area contributed by atoms with E-state index in [1.54, 1.807) is 0 Å². The van der Waals surface area contributed by atoms with Gasteiger partial charge in [-0.2, -0.15) is 0 Å². The fraction of sp³-hybridized carbons (Fsp3) is 0.400. The summed E-state index contributed by atoms with van der Waals surface area (Å²) < 4.78 is 8.10. The molecule has 0 aromatic heterocycles. The van der Waals surface area contributed by atoms with Gasteiger partial charge in [0.25, 0.3) is 0 Å². The molecule has 2 aliphatic rings. The van der Waals surface area contributed by atoms with Crippen molar-refractivity contribution in [3.05, 3.63) is 47.2 Å². The number of nitrogens with zero attached hydrogens (tertiary/aromatic N) is 1. The van der Waals surface area contributed by atoms with Crippen molar-refractivity contribution in [3.8, 4) is 0 Å². The summed E-state index contributed by atoms with van der Waals surface area (Å²) >= 11 is 0. The molecule has 1 aromatic carbocycles. The van der Waals surface area contributed by atoms with Crippen LogP contribution < -0.4 is 0 Å². The highest BCUT2D eigenvalue weighted by atomic mass is 14.7. The molecule has 82 valence electrons. The molecule has 1 aliphatic carbocycles. The molecule has 3 rings (SSSR count). The number of allylic oxidation sites excluding steroid dienone is 1. The average molecular weight is 212 g/mol. The van der Waals surface area contributed by atoms with E-state index in [0.717, 1.165) is 31.4 Å². The minimum absolute atomic E-state index is 0.248. The van der Waals surface area contributed by atoms with Crippen LogP contribution in [-0.2, 0) is 0 Å². The van der Waals surface area contributed by atoms with E-state index in [1.807, 2.05) is 6.20 Å². The van der Waals surface area contributed by atoms with Gasteiger partial charge in [0.2, 0.25) is 0 Å². The second-order valence-electron chi connectivity index (χ2n) is 4.70. The first-order chi connectivity index (χ1) is 8.17. The van der Waals surface area contributed by atoms with Gasteiger partial charge in [0.15, 0.2) is 0 Å². The minimum atomic E-state index is -0.248. The van der Waals surface area contributed by atoms with Gasteiger partial charge in [0.05, 0.1) is 0 Å². The molecule has 16 heavy (non-hydrogen) atoms. The van der Waals surface area contributed by atoms with Crippen LogP contribution in [0.2, 0.25) is 0 Å². The SMILES string of the molecule is [2H]C1(C2=CN=C(c3ccc(C)cc3)CC2)CC1. The summed E-state index contributed by atoms with van der Waals surface area (Å²) in [6.45, 7) is 2.10. The Morgan fingerprint density at radius 1 is 1.19 bits per heavy atom. The highest BCUT2D eigenvalue weighted by molar-refractivity contribution is 6.01. The van der Waals surface area contributed by atoms with Crippen LogP contribution in [-0.4, -0.2) is 5.71 Å². The molecule has 1 heteroatoms. The molecule has 0 radical (unpaired) electrons. The predicted molar refractivity (Wildman–Crippen MR) is 67.8 cm³/mol. The molecule has 0 atom stereocenters. The molecule has 0 saturated heterocycles. The summed E-state index contributed by atoms with van der Waals surface area (Å²) in [6, 6.07) is 8.54. The van der Waals surface area contributed by atoms with Crippen LogP contribution in [0.3, 0.4) is 0 Å². The fourth-order valence-corrected chi connectivity index (χ4v) is 2.15. The van der Waals surface area contributed by atoms with Gasteiger partial charge in [-0.3, -0.25) is 4.99 Å². The van der Waals surface area contributed by atoms with E-state index in [0.29, 0.717) is 0 Å². The Balaban J connectivity index is 1.84. The fourth-order valence-electron chi connectivity index (χ4n) is 2.15. The first kappa shape index (κ1) is 8.74. The summed E-state index contributed by atoms with van der Waals surface area (Å²) in [7, 11) is 0. The Morgan fingerprint density at radius 2 is 1.94 bits per heavy atom. The quantitative estimate of drug-likeness (QED) is 0.705. The summed E-state index contributed by atoms with van der Waals surface area (Å²) in [6.07, 6.45) is 5.98. The smallest absolute Gasteiger partial charge is 0.0479 e. The van der Waals surface area contributed by atoms with Gasteiger partial charge in [-0.15, -0.1) is 0 Å². The first-order valence-corrected chi connectivity index (χ1v) is 6.01. The van der Waals surface area contributed by atoms with E-state index in [1.165, 1.54) is 16.7 Å². The molecule has 0 amide bonds. The van der Waals surface area contributed by atoms with E-state index in [4.69, 9.17) is 1.37 Å². The Labute approximate surface area is 98.3 Å². The Kier molecular flexibility index (Phi) is 2.13. The van der Waals surface area contributed by atoms with Crippen molar-refractivity contribution in [3.63, 3.8) is 0 Å². The lowest BCUT2D eigenvalue weighted by molar-refractivity contribution is 0.855. The van der Waals surface area contributed by atoms with Crippen LogP contribution >= 0.6 is 0 Å². The number of hydrogen-bond acceptors (Lipinski definition) is 1. The summed E-state index contributed by atoms with van der Waals surface area (Å²) in [5.41, 5.74) is 4.90. The third-order valence-electron chi connectivity index (χ3n) is 3.35. The van der Waals surface area contributed by atoms with Crippen molar-refractivity contribution < 1.29 is 1.37 Å². The van der Waals surface area contributed by atoms with Crippen molar-refractivity contribution in [2.24, 2.45) is 10.9 Å². The molecule has 0 unspecified atom stereocenters. The topological polar surface area (TPSA) is 12.4 Å². The van der Waals surface area contributed by atoms with Gasteiger partial charge in [-0.1, -0.05) is 29.8 Å². The van der Waals surface area contributed by atoms with E-state index < -0.39 is 0 Å². The van der Waals surface area contributed by atoms with Crippen molar-refractivity contribution in [1.82, 2.24) is 0 Å². The van der Waals surface area contributed by atoms with Crippen molar-refractivity contribution in [2.45, 2.75) is 32.6 Å². The summed E-state index contributed by atoms with van der Waals surface area (Å²) in [4.78, 5) is 4.55. The van der Waals surface area contributed by atoms with E-state index in [2.05, 4.69) is 36.2 Å². The molecular formula is C15H17N. The van der Waals surface area contributed by atoms with Crippen molar-refractivity contribution in [1.29, 1.82) is 0 Å². The second-order valence-corrected chi connectivity index (χ2v) is 4.70. The molecule has 1 fully saturated rings. The predicted octanol–water partition coefficient (Wildman–Crippen LogP) is 3.87. The van der Waals surface area contributed by atoms with E-state index in [9.17, 15) is 0 Å².